The fourth-order valence-corrected chi connectivity index (χ4v) is 2.02. The molecule has 0 amide bonds. The number of phenols is 1. The Morgan fingerprint density at radius 3 is 1.87 bits per heavy atom. The molecule has 3 rings (SSSR count). The van der Waals surface area contributed by atoms with Crippen LogP contribution in [0.25, 0.3) is 11.1 Å². The summed E-state index contributed by atoms with van der Waals surface area (Å²) in [7, 11) is 0. The van der Waals surface area contributed by atoms with Crippen molar-refractivity contribution in [3.8, 4) is 22.6 Å². The van der Waals surface area contributed by atoms with Crippen LogP contribution in [-0.2, 0) is 0 Å². The third-order valence-corrected chi connectivity index (χ3v) is 3.09. The van der Waals surface area contributed by atoms with E-state index in [1.807, 2.05) is 78.9 Å². The molecule has 0 radical (unpaired) electrons. The highest BCUT2D eigenvalue weighted by molar-refractivity contribution is 5.69. The van der Waals surface area contributed by atoms with Crippen molar-refractivity contribution in [2.45, 2.75) is 0 Å². The second kappa shape index (κ2) is 9.28. The molecule has 0 aromatic heterocycles. The molecule has 23 heavy (non-hydrogen) atoms. The molecule has 0 aliphatic carbocycles. The Bertz CT molecular complexity index is 682. The lowest BCUT2D eigenvalue weighted by Gasteiger charge is -2.02. The fourth-order valence-electron chi connectivity index (χ4n) is 2.02. The summed E-state index contributed by atoms with van der Waals surface area (Å²) in [6.45, 7) is 0.429. The molecule has 0 saturated carbocycles. The van der Waals surface area contributed by atoms with Gasteiger partial charge in [-0.05, 0) is 23.8 Å². The summed E-state index contributed by atoms with van der Waals surface area (Å²) in [6, 6.07) is 26.6. The highest BCUT2D eigenvalue weighted by Gasteiger charge is 2.00. The first-order chi connectivity index (χ1) is 11.3. The van der Waals surface area contributed by atoms with Gasteiger partial charge in [0.1, 0.15) is 18.1 Å². The van der Waals surface area contributed by atoms with E-state index >= 15 is 0 Å². The first-order valence-electron chi connectivity index (χ1n) is 7.43. The molecule has 0 aliphatic heterocycles. The number of phenolic OH excluding ortho intramolecular Hbond substituents is 1. The summed E-state index contributed by atoms with van der Waals surface area (Å²) in [5, 5.41) is 18.0. The number of rotatable bonds is 4. The van der Waals surface area contributed by atoms with Crippen LogP contribution in [0.4, 0.5) is 0 Å². The molecule has 118 valence electrons. The summed E-state index contributed by atoms with van der Waals surface area (Å²) < 4.78 is 5.11. The van der Waals surface area contributed by atoms with Crippen LogP contribution in [-0.4, -0.2) is 23.4 Å². The van der Waals surface area contributed by atoms with E-state index in [-0.39, 0.29) is 6.61 Å². The molecule has 0 fully saturated rings. The second-order valence-electron chi connectivity index (χ2n) is 4.77. The predicted octanol–water partition coefficient (Wildman–Crippen LogP) is 4.12. The fraction of sp³-hybridized carbons (Fsp3) is 0.100. The number of hydrogen-bond acceptors (Lipinski definition) is 3. The number of ether oxygens (including phenoxy) is 1. The molecule has 0 unspecified atom stereocenters. The predicted molar refractivity (Wildman–Crippen MR) is 92.6 cm³/mol. The Kier molecular flexibility index (Phi) is 6.69. The maximum atomic E-state index is 9.56. The Labute approximate surface area is 136 Å². The van der Waals surface area contributed by atoms with E-state index in [1.165, 1.54) is 0 Å². The zero-order valence-corrected chi connectivity index (χ0v) is 12.8. The number of aliphatic hydroxyl groups excluding tert-OH is 1. The normalized spacial score (nSPS) is 9.61. The van der Waals surface area contributed by atoms with Gasteiger partial charge in [-0.1, -0.05) is 66.7 Å². The molecule has 3 aromatic carbocycles. The van der Waals surface area contributed by atoms with Gasteiger partial charge in [-0.25, -0.2) is 0 Å². The van der Waals surface area contributed by atoms with Crippen LogP contribution in [0.2, 0.25) is 0 Å². The molecule has 0 atom stereocenters. The van der Waals surface area contributed by atoms with Gasteiger partial charge in [0, 0.05) is 5.56 Å². The summed E-state index contributed by atoms with van der Waals surface area (Å²) >= 11 is 0. The molecular weight excluding hydrogens is 288 g/mol. The Hall–Kier alpha value is -2.78. The van der Waals surface area contributed by atoms with E-state index in [1.54, 1.807) is 6.07 Å². The van der Waals surface area contributed by atoms with Crippen LogP contribution in [0.1, 0.15) is 0 Å². The highest BCUT2D eigenvalue weighted by Crippen LogP contribution is 2.27. The van der Waals surface area contributed by atoms with Crippen LogP contribution >= 0.6 is 0 Å². The topological polar surface area (TPSA) is 49.7 Å². The lowest BCUT2D eigenvalue weighted by atomic mass is 10.1. The van der Waals surface area contributed by atoms with Crippen LogP contribution in [0, 0.1) is 0 Å². The minimum absolute atomic E-state index is 0.0644. The zero-order chi connectivity index (χ0) is 16.3. The van der Waals surface area contributed by atoms with Crippen LogP contribution < -0.4 is 4.74 Å². The van der Waals surface area contributed by atoms with Crippen molar-refractivity contribution in [3.05, 3.63) is 84.9 Å². The number of aromatic hydroxyl groups is 1. The van der Waals surface area contributed by atoms with E-state index in [9.17, 15) is 5.11 Å². The summed E-state index contributed by atoms with van der Waals surface area (Å²) in [4.78, 5) is 0. The number of hydrogen-bond donors (Lipinski definition) is 2. The summed E-state index contributed by atoms with van der Waals surface area (Å²) in [6.07, 6.45) is 0. The van der Waals surface area contributed by atoms with E-state index in [4.69, 9.17) is 9.84 Å². The zero-order valence-electron chi connectivity index (χ0n) is 12.8. The van der Waals surface area contributed by atoms with Crippen molar-refractivity contribution in [2.24, 2.45) is 0 Å². The number of para-hydroxylation sites is 2. The first kappa shape index (κ1) is 16.6. The molecule has 0 heterocycles. The van der Waals surface area contributed by atoms with Gasteiger partial charge in [0.25, 0.3) is 0 Å². The Morgan fingerprint density at radius 2 is 1.26 bits per heavy atom. The average Bonchev–Trinajstić information content (AvgIpc) is 2.62. The Balaban J connectivity index is 0.000000174. The third-order valence-electron chi connectivity index (χ3n) is 3.09. The minimum atomic E-state index is 0.0644. The molecular formula is C20H20O3. The van der Waals surface area contributed by atoms with Gasteiger partial charge in [0.05, 0.1) is 6.61 Å². The van der Waals surface area contributed by atoms with Crippen molar-refractivity contribution in [1.82, 2.24) is 0 Å². The van der Waals surface area contributed by atoms with E-state index < -0.39 is 0 Å². The maximum absolute atomic E-state index is 9.56. The molecule has 0 bridgehead atoms. The van der Waals surface area contributed by atoms with Gasteiger partial charge in [0.2, 0.25) is 0 Å². The van der Waals surface area contributed by atoms with Crippen LogP contribution in [0.3, 0.4) is 0 Å². The van der Waals surface area contributed by atoms with Gasteiger partial charge in [-0.3, -0.25) is 0 Å². The molecule has 2 N–H and O–H groups in total. The standard InChI is InChI=1S/C12H10O.C8H10O2/c13-12-9-5-4-8-11(12)10-6-2-1-3-7-10;9-6-7-10-8-4-2-1-3-5-8/h1-9,13H;1-5,9H,6-7H2. The van der Waals surface area contributed by atoms with Crippen molar-refractivity contribution in [1.29, 1.82) is 0 Å². The van der Waals surface area contributed by atoms with E-state index in [0.717, 1.165) is 16.9 Å². The average molecular weight is 308 g/mol. The molecule has 0 saturated heterocycles. The first-order valence-corrected chi connectivity index (χ1v) is 7.43. The van der Waals surface area contributed by atoms with E-state index in [0.29, 0.717) is 12.4 Å². The van der Waals surface area contributed by atoms with Gasteiger partial charge < -0.3 is 14.9 Å². The Morgan fingerprint density at radius 1 is 0.696 bits per heavy atom. The second-order valence-corrected chi connectivity index (χ2v) is 4.77. The smallest absolute Gasteiger partial charge is 0.123 e. The largest absolute Gasteiger partial charge is 0.507 e. The van der Waals surface area contributed by atoms with Crippen LogP contribution in [0.15, 0.2) is 84.9 Å². The third kappa shape index (κ3) is 5.49. The van der Waals surface area contributed by atoms with Crippen molar-refractivity contribution >= 4 is 0 Å². The molecule has 0 spiro atoms. The lowest BCUT2D eigenvalue weighted by molar-refractivity contribution is 0.201. The maximum Gasteiger partial charge on any atom is 0.123 e. The summed E-state index contributed by atoms with van der Waals surface area (Å²) in [5.74, 6) is 1.13. The van der Waals surface area contributed by atoms with Crippen molar-refractivity contribution in [3.63, 3.8) is 0 Å². The van der Waals surface area contributed by atoms with Crippen molar-refractivity contribution < 1.29 is 14.9 Å². The van der Waals surface area contributed by atoms with Crippen LogP contribution in [0.5, 0.6) is 11.5 Å². The van der Waals surface area contributed by atoms with Gasteiger partial charge in [0.15, 0.2) is 0 Å². The molecule has 3 aromatic rings. The number of aliphatic hydroxyl groups is 1. The van der Waals surface area contributed by atoms with Gasteiger partial charge >= 0.3 is 0 Å². The van der Waals surface area contributed by atoms with Crippen molar-refractivity contribution in [2.75, 3.05) is 13.2 Å². The van der Waals surface area contributed by atoms with Gasteiger partial charge in [-0.2, -0.15) is 0 Å². The minimum Gasteiger partial charge on any atom is -0.507 e. The molecule has 3 nitrogen and oxygen atoms in total. The highest BCUT2D eigenvalue weighted by atomic mass is 16.5. The quantitative estimate of drug-likeness (QED) is 0.762. The molecule has 3 heteroatoms. The van der Waals surface area contributed by atoms with Gasteiger partial charge in [-0.15, -0.1) is 0 Å². The molecule has 0 aliphatic rings. The summed E-state index contributed by atoms with van der Waals surface area (Å²) in [5.41, 5.74) is 1.92. The number of benzene rings is 3. The SMILES string of the molecule is OCCOc1ccccc1.Oc1ccccc1-c1ccccc1. The monoisotopic (exact) mass is 308 g/mol. The lowest BCUT2D eigenvalue weighted by Crippen LogP contribution is -2.00. The van der Waals surface area contributed by atoms with E-state index in [2.05, 4.69) is 0 Å².